The van der Waals surface area contributed by atoms with Crippen LogP contribution < -0.4 is 0 Å². The van der Waals surface area contributed by atoms with Gasteiger partial charge in [0.1, 0.15) is 6.17 Å². The first-order valence-corrected chi connectivity index (χ1v) is 10.5. The first-order valence-electron chi connectivity index (χ1n) is 10.5. The Hall–Kier alpha value is -0.180. The van der Waals surface area contributed by atoms with Crippen LogP contribution in [0.1, 0.15) is 78.1 Å². The van der Waals surface area contributed by atoms with E-state index in [0.29, 0.717) is 18.4 Å². The first-order chi connectivity index (χ1) is 11.6. The Balaban J connectivity index is 1.55. The van der Waals surface area contributed by atoms with Crippen LogP contribution in [-0.2, 0) is 4.74 Å². The summed E-state index contributed by atoms with van der Waals surface area (Å²) < 4.78 is 34.6. The molecule has 140 valence electrons. The molecule has 0 spiro atoms. The third-order valence-electron chi connectivity index (χ3n) is 7.33. The van der Waals surface area contributed by atoms with E-state index in [0.717, 1.165) is 31.1 Å². The molecule has 0 bridgehead atoms. The van der Waals surface area contributed by atoms with E-state index in [9.17, 15) is 8.78 Å². The van der Waals surface area contributed by atoms with Gasteiger partial charge in [0, 0.05) is 6.61 Å². The van der Waals surface area contributed by atoms with Gasteiger partial charge in [0.05, 0.1) is 6.10 Å². The number of hydrogen-bond acceptors (Lipinski definition) is 1. The molecule has 3 heteroatoms. The van der Waals surface area contributed by atoms with Crippen molar-refractivity contribution in [3.63, 3.8) is 0 Å². The topological polar surface area (TPSA) is 9.23 Å². The van der Waals surface area contributed by atoms with Gasteiger partial charge >= 0.3 is 0 Å². The molecule has 0 N–H and O–H groups in total. The molecule has 1 nitrogen and oxygen atoms in total. The molecule has 0 aliphatic heterocycles. The lowest BCUT2D eigenvalue weighted by molar-refractivity contribution is -0.110. The number of rotatable bonds is 5. The van der Waals surface area contributed by atoms with Crippen molar-refractivity contribution in [2.45, 2.75) is 96.5 Å². The summed E-state index contributed by atoms with van der Waals surface area (Å²) in [6.07, 6.45) is 8.78. The number of fused-ring (bicyclic) bond motifs is 1. The molecule has 0 heterocycles. The quantitative estimate of drug-likeness (QED) is 0.585. The van der Waals surface area contributed by atoms with Gasteiger partial charge in [-0.05, 0) is 75.0 Å². The summed E-state index contributed by atoms with van der Waals surface area (Å²) in [5, 5.41) is 0. The lowest BCUT2D eigenvalue weighted by Gasteiger charge is -2.47. The van der Waals surface area contributed by atoms with E-state index < -0.39 is 18.4 Å². The molecule has 0 aromatic rings. The van der Waals surface area contributed by atoms with E-state index in [1.807, 2.05) is 6.92 Å². The number of hydrogen-bond donors (Lipinski definition) is 0. The Bertz CT molecular complexity index is 378. The fraction of sp³-hybridized carbons (Fsp3) is 1.00. The van der Waals surface area contributed by atoms with E-state index in [4.69, 9.17) is 4.74 Å². The largest absolute Gasteiger partial charge is 0.375 e. The average Bonchev–Trinajstić information content (AvgIpc) is 2.60. The van der Waals surface area contributed by atoms with Gasteiger partial charge in [-0.15, -0.1) is 0 Å². The number of halogens is 2. The van der Waals surface area contributed by atoms with Crippen LogP contribution in [0.3, 0.4) is 0 Å². The van der Waals surface area contributed by atoms with Crippen LogP contribution in [0.5, 0.6) is 0 Å². The molecule has 3 saturated carbocycles. The van der Waals surface area contributed by atoms with Crippen molar-refractivity contribution >= 4 is 0 Å². The summed E-state index contributed by atoms with van der Waals surface area (Å²) in [4.78, 5) is 0. The summed E-state index contributed by atoms with van der Waals surface area (Å²) in [6, 6.07) is 0. The summed E-state index contributed by atoms with van der Waals surface area (Å²) >= 11 is 0. The van der Waals surface area contributed by atoms with E-state index in [-0.39, 0.29) is 5.92 Å². The van der Waals surface area contributed by atoms with Gasteiger partial charge in [0.2, 0.25) is 0 Å². The van der Waals surface area contributed by atoms with Crippen molar-refractivity contribution in [2.75, 3.05) is 6.61 Å². The van der Waals surface area contributed by atoms with Crippen molar-refractivity contribution in [2.24, 2.45) is 29.6 Å². The molecular weight excluding hydrogens is 306 g/mol. The van der Waals surface area contributed by atoms with Crippen LogP contribution in [0.25, 0.3) is 0 Å². The molecule has 6 atom stereocenters. The highest BCUT2D eigenvalue weighted by atomic mass is 19.2. The van der Waals surface area contributed by atoms with Crippen LogP contribution in [-0.4, -0.2) is 25.1 Å². The highest BCUT2D eigenvalue weighted by molar-refractivity contribution is 4.98. The molecule has 3 fully saturated rings. The average molecular weight is 343 g/mol. The minimum Gasteiger partial charge on any atom is -0.375 e. The second-order valence-electron chi connectivity index (χ2n) is 8.68. The summed E-state index contributed by atoms with van der Waals surface area (Å²) in [7, 11) is 0. The van der Waals surface area contributed by atoms with E-state index in [2.05, 4.69) is 6.92 Å². The predicted octanol–water partition coefficient (Wildman–Crippen LogP) is 6.11. The number of alkyl halides is 2. The molecule has 24 heavy (non-hydrogen) atoms. The normalized spacial score (nSPS) is 46.5. The molecule has 0 radical (unpaired) electrons. The fourth-order valence-corrected chi connectivity index (χ4v) is 6.01. The van der Waals surface area contributed by atoms with Crippen molar-refractivity contribution < 1.29 is 13.5 Å². The minimum absolute atomic E-state index is 0.0520. The lowest BCUT2D eigenvalue weighted by Crippen LogP contribution is -2.50. The molecule has 0 aromatic carbocycles. The first kappa shape index (κ1) is 18.6. The van der Waals surface area contributed by atoms with E-state index in [1.165, 1.54) is 44.9 Å². The van der Waals surface area contributed by atoms with Crippen molar-refractivity contribution in [1.82, 2.24) is 0 Å². The van der Waals surface area contributed by atoms with Crippen LogP contribution in [0, 0.1) is 29.6 Å². The molecule has 3 aliphatic carbocycles. The lowest BCUT2D eigenvalue weighted by atomic mass is 9.61. The highest BCUT2D eigenvalue weighted by Gasteiger charge is 2.49. The molecule has 0 amide bonds. The Morgan fingerprint density at radius 2 is 1.46 bits per heavy atom. The van der Waals surface area contributed by atoms with Crippen LogP contribution in [0.4, 0.5) is 8.78 Å². The van der Waals surface area contributed by atoms with Gasteiger partial charge in [-0.1, -0.05) is 32.6 Å². The Labute approximate surface area is 146 Å². The molecule has 6 unspecified atom stereocenters. The summed E-state index contributed by atoms with van der Waals surface area (Å²) in [5.41, 5.74) is 0. The molecule has 3 aliphatic rings. The van der Waals surface area contributed by atoms with Gasteiger partial charge in [-0.3, -0.25) is 0 Å². The zero-order chi connectivity index (χ0) is 17.1. The van der Waals surface area contributed by atoms with Gasteiger partial charge in [-0.25, -0.2) is 8.78 Å². The maximum Gasteiger partial charge on any atom is 0.157 e. The van der Waals surface area contributed by atoms with Gasteiger partial charge in [-0.2, -0.15) is 0 Å². The smallest absolute Gasteiger partial charge is 0.157 e. The Morgan fingerprint density at radius 3 is 2.12 bits per heavy atom. The third-order valence-corrected chi connectivity index (χ3v) is 7.33. The van der Waals surface area contributed by atoms with Crippen molar-refractivity contribution in [3.05, 3.63) is 0 Å². The summed E-state index contributed by atoms with van der Waals surface area (Å²) in [6.45, 7) is 4.64. The maximum absolute atomic E-state index is 14.7. The molecular formula is C21H36F2O. The van der Waals surface area contributed by atoms with Crippen molar-refractivity contribution in [1.29, 1.82) is 0 Å². The van der Waals surface area contributed by atoms with E-state index in [1.54, 1.807) is 0 Å². The second kappa shape index (κ2) is 8.47. The zero-order valence-corrected chi connectivity index (χ0v) is 15.6. The molecule has 3 rings (SSSR count). The van der Waals surface area contributed by atoms with E-state index >= 15 is 0 Å². The monoisotopic (exact) mass is 342 g/mol. The second-order valence-corrected chi connectivity index (χ2v) is 8.68. The van der Waals surface area contributed by atoms with Crippen LogP contribution in [0.15, 0.2) is 0 Å². The summed E-state index contributed by atoms with van der Waals surface area (Å²) in [5.74, 6) is 2.63. The third kappa shape index (κ3) is 3.97. The minimum atomic E-state index is -1.41. The van der Waals surface area contributed by atoms with Crippen LogP contribution in [0.2, 0.25) is 0 Å². The van der Waals surface area contributed by atoms with Crippen LogP contribution >= 0.6 is 0 Å². The molecule has 0 aromatic heterocycles. The highest BCUT2D eigenvalue weighted by Crippen LogP contribution is 2.50. The Kier molecular flexibility index (Phi) is 6.56. The SMILES string of the molecule is CCCC1CCC(C2CCC3CC(OCC)C(F)C(F)C3C2)CC1. The number of ether oxygens (including phenoxy) is 1. The maximum atomic E-state index is 14.7. The van der Waals surface area contributed by atoms with Gasteiger partial charge < -0.3 is 4.74 Å². The fourth-order valence-electron chi connectivity index (χ4n) is 6.01. The standard InChI is InChI=1S/C21H36F2O/c1-3-5-14-6-8-15(9-7-14)16-10-11-17-13-19(24-4-2)21(23)20(22)18(17)12-16/h14-21H,3-13H2,1-2H3. The van der Waals surface area contributed by atoms with Crippen molar-refractivity contribution in [3.8, 4) is 0 Å². The Morgan fingerprint density at radius 1 is 0.792 bits per heavy atom. The predicted molar refractivity (Wildman–Crippen MR) is 94.5 cm³/mol. The van der Waals surface area contributed by atoms with Gasteiger partial charge in [0.25, 0.3) is 0 Å². The molecule has 0 saturated heterocycles. The zero-order valence-electron chi connectivity index (χ0n) is 15.6. The van der Waals surface area contributed by atoms with Gasteiger partial charge in [0.15, 0.2) is 6.17 Å².